The average molecular weight is 395 g/mol. The number of ether oxygens (including phenoxy) is 2. The van der Waals surface area contributed by atoms with E-state index in [9.17, 15) is 13.2 Å². The first kappa shape index (κ1) is 18.5. The van der Waals surface area contributed by atoms with Crippen LogP contribution in [0.15, 0.2) is 18.2 Å². The van der Waals surface area contributed by atoms with Crippen molar-refractivity contribution >= 4 is 15.9 Å². The van der Waals surface area contributed by atoms with E-state index in [1.54, 1.807) is 4.31 Å². The number of rotatable bonds is 5. The van der Waals surface area contributed by atoms with Crippen molar-refractivity contribution in [3.63, 3.8) is 0 Å². The summed E-state index contributed by atoms with van der Waals surface area (Å²) in [6.45, 7) is 2.09. The number of amides is 1. The first-order valence-corrected chi connectivity index (χ1v) is 10.9. The molecule has 9 heteroatoms. The van der Waals surface area contributed by atoms with Gasteiger partial charge in [0.05, 0.1) is 11.3 Å². The number of fused-ring (bicyclic) bond motifs is 1. The third-order valence-electron chi connectivity index (χ3n) is 5.41. The molecule has 2 atom stereocenters. The second-order valence-electron chi connectivity index (χ2n) is 7.23. The summed E-state index contributed by atoms with van der Waals surface area (Å²) in [6.07, 6.45) is 3.23. The Morgan fingerprint density at radius 3 is 2.78 bits per heavy atom. The van der Waals surface area contributed by atoms with Gasteiger partial charge in [-0.2, -0.15) is 0 Å². The van der Waals surface area contributed by atoms with Crippen LogP contribution in [-0.2, 0) is 21.4 Å². The summed E-state index contributed by atoms with van der Waals surface area (Å²) in [6, 6.07) is 5.05. The molecular formula is C18H25N3O5S. The molecule has 8 nitrogen and oxygen atoms in total. The average Bonchev–Trinajstić information content (AvgIpc) is 3.36. The highest BCUT2D eigenvalue weighted by Gasteiger charge is 2.40. The number of carbonyl (C=O) groups excluding carboxylic acids is 1. The summed E-state index contributed by atoms with van der Waals surface area (Å²) in [5.41, 5.74) is 0.906. The van der Waals surface area contributed by atoms with E-state index in [4.69, 9.17) is 9.47 Å². The van der Waals surface area contributed by atoms with Gasteiger partial charge in [0.25, 0.3) is 0 Å². The molecule has 27 heavy (non-hydrogen) atoms. The lowest BCUT2D eigenvalue weighted by Crippen LogP contribution is -2.42. The normalized spacial score (nSPS) is 25.5. The van der Waals surface area contributed by atoms with E-state index in [0.29, 0.717) is 44.1 Å². The van der Waals surface area contributed by atoms with Crippen molar-refractivity contribution in [3.8, 4) is 11.5 Å². The minimum Gasteiger partial charge on any atom is -0.454 e. The Hall–Kier alpha value is -1.84. The Morgan fingerprint density at radius 2 is 1.96 bits per heavy atom. The van der Waals surface area contributed by atoms with Crippen molar-refractivity contribution in [1.82, 2.24) is 14.9 Å². The van der Waals surface area contributed by atoms with Gasteiger partial charge >= 0.3 is 0 Å². The molecular weight excluding hydrogens is 370 g/mol. The third-order valence-corrected chi connectivity index (χ3v) is 7.69. The van der Waals surface area contributed by atoms with E-state index in [-0.39, 0.29) is 12.7 Å². The molecule has 3 aliphatic heterocycles. The van der Waals surface area contributed by atoms with Crippen molar-refractivity contribution in [2.75, 3.05) is 26.4 Å². The molecule has 0 bridgehead atoms. The monoisotopic (exact) mass is 395 g/mol. The molecule has 0 saturated carbocycles. The number of hydrogen-bond donors (Lipinski definition) is 2. The highest BCUT2D eigenvalue weighted by molar-refractivity contribution is 7.89. The Morgan fingerprint density at radius 1 is 1.19 bits per heavy atom. The second-order valence-corrected chi connectivity index (χ2v) is 9.44. The lowest BCUT2D eigenvalue weighted by atomic mass is 10.2. The summed E-state index contributed by atoms with van der Waals surface area (Å²) in [7, 11) is -3.34. The maximum atomic E-state index is 12.8. The molecule has 0 aliphatic carbocycles. The predicted molar refractivity (Wildman–Crippen MR) is 99.0 cm³/mol. The van der Waals surface area contributed by atoms with Crippen LogP contribution in [0.1, 0.15) is 31.2 Å². The quantitative estimate of drug-likeness (QED) is 0.757. The molecule has 3 aliphatic rings. The van der Waals surface area contributed by atoms with E-state index < -0.39 is 21.3 Å². The molecule has 1 aromatic rings. The van der Waals surface area contributed by atoms with Crippen LogP contribution < -0.4 is 20.1 Å². The molecule has 3 heterocycles. The van der Waals surface area contributed by atoms with Crippen LogP contribution in [0, 0.1) is 0 Å². The first-order chi connectivity index (χ1) is 13.0. The molecule has 2 fully saturated rings. The lowest BCUT2D eigenvalue weighted by Gasteiger charge is -2.28. The van der Waals surface area contributed by atoms with Crippen LogP contribution in [0.3, 0.4) is 0 Å². The molecule has 0 radical (unpaired) electrons. The van der Waals surface area contributed by atoms with Gasteiger partial charge < -0.3 is 20.1 Å². The van der Waals surface area contributed by atoms with Gasteiger partial charge in [0.15, 0.2) is 11.5 Å². The van der Waals surface area contributed by atoms with E-state index in [1.165, 1.54) is 0 Å². The zero-order chi connectivity index (χ0) is 18.9. The summed E-state index contributed by atoms with van der Waals surface area (Å²) in [4.78, 5) is 12.5. The predicted octanol–water partition coefficient (Wildman–Crippen LogP) is 0.578. The molecule has 0 aromatic heterocycles. The smallest absolute Gasteiger partial charge is 0.237 e. The fourth-order valence-corrected chi connectivity index (χ4v) is 5.75. The molecule has 2 unspecified atom stereocenters. The van der Waals surface area contributed by atoms with Crippen LogP contribution in [-0.4, -0.2) is 56.3 Å². The highest BCUT2D eigenvalue weighted by atomic mass is 32.2. The Labute approximate surface area is 159 Å². The number of sulfonamides is 1. The Kier molecular flexibility index (Phi) is 5.25. The van der Waals surface area contributed by atoms with Gasteiger partial charge in [-0.1, -0.05) is 12.5 Å². The van der Waals surface area contributed by atoms with Crippen LogP contribution in [0.2, 0.25) is 0 Å². The lowest BCUT2D eigenvalue weighted by molar-refractivity contribution is -0.122. The molecule has 1 aromatic carbocycles. The second kappa shape index (κ2) is 7.65. The number of benzene rings is 1. The number of hydrogen-bond acceptors (Lipinski definition) is 6. The topological polar surface area (TPSA) is 97.0 Å². The van der Waals surface area contributed by atoms with Gasteiger partial charge in [0, 0.05) is 26.2 Å². The van der Waals surface area contributed by atoms with Crippen molar-refractivity contribution in [1.29, 1.82) is 0 Å². The number of piperidine rings is 1. The van der Waals surface area contributed by atoms with E-state index in [0.717, 1.165) is 24.8 Å². The molecule has 4 rings (SSSR count). The number of carbonyl (C=O) groups is 1. The van der Waals surface area contributed by atoms with Gasteiger partial charge in [0.1, 0.15) is 0 Å². The standard InChI is InChI=1S/C18H25N3O5S/c22-18(20-10-13-4-5-16-17(8-13)26-12-25-16)15-9-14(11-19-15)27(23,24)21-6-2-1-3-7-21/h4-5,8,14-15,19H,1-3,6-7,9-12H2,(H,20,22). The fraction of sp³-hybridized carbons (Fsp3) is 0.611. The zero-order valence-electron chi connectivity index (χ0n) is 15.1. The van der Waals surface area contributed by atoms with Crippen LogP contribution >= 0.6 is 0 Å². The van der Waals surface area contributed by atoms with E-state index in [1.807, 2.05) is 18.2 Å². The van der Waals surface area contributed by atoms with E-state index in [2.05, 4.69) is 10.6 Å². The van der Waals surface area contributed by atoms with Gasteiger partial charge in [-0.25, -0.2) is 12.7 Å². The number of nitrogens with zero attached hydrogens (tertiary/aromatic N) is 1. The van der Waals surface area contributed by atoms with Gasteiger partial charge in [-0.05, 0) is 37.0 Å². The summed E-state index contributed by atoms with van der Waals surface area (Å²) < 4.78 is 37.7. The zero-order valence-corrected chi connectivity index (χ0v) is 16.0. The van der Waals surface area contributed by atoms with Crippen LogP contribution in [0.5, 0.6) is 11.5 Å². The minimum atomic E-state index is -3.34. The van der Waals surface area contributed by atoms with E-state index >= 15 is 0 Å². The SMILES string of the molecule is O=C(NCc1ccc2c(c1)OCO2)C1CC(S(=O)(=O)N2CCCCC2)CN1. The van der Waals surface area contributed by atoms with Crippen molar-refractivity contribution in [2.45, 2.75) is 43.5 Å². The fourth-order valence-electron chi connectivity index (χ4n) is 3.82. The van der Waals surface area contributed by atoms with Crippen molar-refractivity contribution in [3.05, 3.63) is 23.8 Å². The summed E-state index contributed by atoms with van der Waals surface area (Å²) in [5.74, 6) is 1.20. The van der Waals surface area contributed by atoms with Gasteiger partial charge in [0.2, 0.25) is 22.7 Å². The number of nitrogens with one attached hydrogen (secondary N) is 2. The maximum absolute atomic E-state index is 12.8. The molecule has 2 saturated heterocycles. The third kappa shape index (κ3) is 3.90. The van der Waals surface area contributed by atoms with Crippen molar-refractivity contribution in [2.24, 2.45) is 0 Å². The minimum absolute atomic E-state index is 0.177. The molecule has 148 valence electrons. The summed E-state index contributed by atoms with van der Waals surface area (Å²) in [5, 5.41) is 5.41. The largest absolute Gasteiger partial charge is 0.454 e. The molecule has 0 spiro atoms. The van der Waals surface area contributed by atoms with Gasteiger partial charge in [-0.3, -0.25) is 4.79 Å². The first-order valence-electron chi connectivity index (χ1n) is 9.42. The van der Waals surface area contributed by atoms with Crippen LogP contribution in [0.25, 0.3) is 0 Å². The van der Waals surface area contributed by atoms with Gasteiger partial charge in [-0.15, -0.1) is 0 Å². The molecule has 1 amide bonds. The molecule has 2 N–H and O–H groups in total. The maximum Gasteiger partial charge on any atom is 0.237 e. The summed E-state index contributed by atoms with van der Waals surface area (Å²) >= 11 is 0. The highest BCUT2D eigenvalue weighted by Crippen LogP contribution is 2.32. The van der Waals surface area contributed by atoms with Crippen molar-refractivity contribution < 1.29 is 22.7 Å². The Bertz CT molecular complexity index is 807. The Balaban J connectivity index is 1.31. The van der Waals surface area contributed by atoms with Crippen LogP contribution in [0.4, 0.5) is 0 Å².